The summed E-state index contributed by atoms with van der Waals surface area (Å²) in [6, 6.07) is 27.7. The number of nitrogens with one attached hydrogen (secondary N) is 1. The van der Waals surface area contributed by atoms with Gasteiger partial charge in [0, 0.05) is 21.2 Å². The Morgan fingerprint density at radius 2 is 1.42 bits per heavy atom. The van der Waals surface area contributed by atoms with E-state index >= 15 is 0 Å². The van der Waals surface area contributed by atoms with Gasteiger partial charge in [-0.3, -0.25) is 4.79 Å². The van der Waals surface area contributed by atoms with Crippen LogP contribution in [0.1, 0.15) is 28.4 Å². The zero-order chi connectivity index (χ0) is 16.8. The van der Waals surface area contributed by atoms with E-state index in [9.17, 15) is 4.79 Å². The quantitative estimate of drug-likeness (QED) is 0.403. The highest BCUT2D eigenvalue weighted by molar-refractivity contribution is 14.1. The molecule has 1 atom stereocenters. The number of benzene rings is 3. The minimum atomic E-state index is -0.0565. The van der Waals surface area contributed by atoms with Gasteiger partial charge in [-0.25, -0.2) is 0 Å². The maximum Gasteiger partial charge on any atom is 0.165 e. The van der Waals surface area contributed by atoms with Gasteiger partial charge in [-0.05, 0) is 52.4 Å². The monoisotopic (exact) mass is 427 g/mol. The molecular formula is C21H18INO. The number of rotatable bonds is 6. The molecule has 0 radical (unpaired) electrons. The summed E-state index contributed by atoms with van der Waals surface area (Å²) in [7, 11) is 0. The number of carbonyl (C=O) groups is 1. The highest BCUT2D eigenvalue weighted by Crippen LogP contribution is 2.25. The first-order valence-electron chi connectivity index (χ1n) is 7.87. The second-order valence-corrected chi connectivity index (χ2v) is 6.85. The van der Waals surface area contributed by atoms with Gasteiger partial charge < -0.3 is 5.32 Å². The lowest BCUT2D eigenvalue weighted by Gasteiger charge is -2.20. The first-order valence-corrected chi connectivity index (χ1v) is 8.95. The molecule has 3 aromatic rings. The van der Waals surface area contributed by atoms with Crippen LogP contribution in [0.25, 0.3) is 0 Å². The molecule has 1 N–H and O–H groups in total. The van der Waals surface area contributed by atoms with Crippen molar-refractivity contribution in [1.82, 2.24) is 0 Å². The summed E-state index contributed by atoms with van der Waals surface area (Å²) in [5.41, 5.74) is 2.88. The highest BCUT2D eigenvalue weighted by Gasteiger charge is 2.17. The summed E-state index contributed by atoms with van der Waals surface area (Å²) in [4.78, 5) is 12.6. The molecule has 0 spiro atoms. The topological polar surface area (TPSA) is 29.1 Å². The molecule has 0 amide bonds. The van der Waals surface area contributed by atoms with E-state index in [-0.39, 0.29) is 11.8 Å². The van der Waals surface area contributed by atoms with Crippen molar-refractivity contribution in [3.8, 4) is 0 Å². The Morgan fingerprint density at radius 1 is 0.833 bits per heavy atom. The minimum Gasteiger partial charge on any atom is -0.378 e. The van der Waals surface area contributed by atoms with Gasteiger partial charge in [0.15, 0.2) is 5.78 Å². The van der Waals surface area contributed by atoms with Gasteiger partial charge in [0.2, 0.25) is 0 Å². The summed E-state index contributed by atoms with van der Waals surface area (Å²) in [6.45, 7) is 0. The highest BCUT2D eigenvalue weighted by atomic mass is 127. The molecule has 0 saturated carbocycles. The average Bonchev–Trinajstić information content (AvgIpc) is 2.64. The molecule has 0 aliphatic carbocycles. The summed E-state index contributed by atoms with van der Waals surface area (Å²) in [6.07, 6.45) is 0.417. The second-order valence-electron chi connectivity index (χ2n) is 5.61. The molecule has 0 heterocycles. The maximum atomic E-state index is 12.6. The molecule has 0 aliphatic heterocycles. The zero-order valence-electron chi connectivity index (χ0n) is 13.2. The van der Waals surface area contributed by atoms with E-state index in [0.29, 0.717) is 6.42 Å². The largest absolute Gasteiger partial charge is 0.378 e. The fraction of sp³-hybridized carbons (Fsp3) is 0.0952. The first-order chi connectivity index (χ1) is 11.7. The first kappa shape index (κ1) is 16.7. The van der Waals surface area contributed by atoms with Crippen molar-refractivity contribution in [2.45, 2.75) is 12.5 Å². The van der Waals surface area contributed by atoms with Crippen molar-refractivity contribution in [2.24, 2.45) is 0 Å². The Balaban J connectivity index is 1.82. The summed E-state index contributed by atoms with van der Waals surface area (Å²) in [5.74, 6) is 0.141. The number of halogens is 1. The molecule has 3 rings (SSSR count). The molecule has 0 bridgehead atoms. The standard InChI is InChI=1S/C21H18INO/c22-18-11-13-19(14-12-18)23-20(16-7-3-1-4-8-16)15-21(24)17-9-5-2-6-10-17/h1-14,20,23H,15H2/t20-/m1/s1. The molecule has 2 nitrogen and oxygen atoms in total. The van der Waals surface area contributed by atoms with Crippen LogP contribution in [0.4, 0.5) is 5.69 Å². The lowest BCUT2D eigenvalue weighted by atomic mass is 9.97. The van der Waals surface area contributed by atoms with Crippen LogP contribution in [-0.4, -0.2) is 5.78 Å². The number of ketones is 1. The van der Waals surface area contributed by atoms with Gasteiger partial charge in [-0.15, -0.1) is 0 Å². The van der Waals surface area contributed by atoms with Gasteiger partial charge in [0.05, 0.1) is 6.04 Å². The molecule has 3 heteroatoms. The van der Waals surface area contributed by atoms with Crippen molar-refractivity contribution >= 4 is 34.1 Å². The fourth-order valence-corrected chi connectivity index (χ4v) is 2.97. The molecule has 0 aromatic heterocycles. The van der Waals surface area contributed by atoms with Gasteiger partial charge in [0.25, 0.3) is 0 Å². The van der Waals surface area contributed by atoms with Crippen LogP contribution in [-0.2, 0) is 0 Å². The molecule has 0 aliphatic rings. The van der Waals surface area contributed by atoms with Gasteiger partial charge in [0.1, 0.15) is 0 Å². The predicted octanol–water partition coefficient (Wildman–Crippen LogP) is 5.72. The minimum absolute atomic E-state index is 0.0565. The fourth-order valence-electron chi connectivity index (χ4n) is 2.61. The Hall–Kier alpha value is -2.14. The van der Waals surface area contributed by atoms with E-state index in [1.54, 1.807) is 0 Å². The van der Waals surface area contributed by atoms with Gasteiger partial charge in [-0.1, -0.05) is 60.7 Å². The molecule has 0 fully saturated rings. The van der Waals surface area contributed by atoms with Crippen LogP contribution in [0, 0.1) is 3.57 Å². The zero-order valence-corrected chi connectivity index (χ0v) is 15.3. The van der Waals surface area contributed by atoms with Crippen molar-refractivity contribution in [2.75, 3.05) is 5.32 Å². The Morgan fingerprint density at radius 3 is 2.04 bits per heavy atom. The van der Waals surface area contributed by atoms with E-state index in [1.165, 1.54) is 3.57 Å². The Labute approximate surface area is 156 Å². The second kappa shape index (κ2) is 8.11. The van der Waals surface area contributed by atoms with Crippen LogP contribution in [0.3, 0.4) is 0 Å². The summed E-state index contributed by atoms with van der Waals surface area (Å²) < 4.78 is 1.19. The Bertz CT molecular complexity index is 785. The number of carbonyl (C=O) groups excluding carboxylic acids is 1. The third kappa shape index (κ3) is 4.45. The lowest BCUT2D eigenvalue weighted by Crippen LogP contribution is -2.15. The SMILES string of the molecule is O=C(C[C@@H](Nc1ccc(I)cc1)c1ccccc1)c1ccccc1. The number of Topliss-reactive ketones (excluding diaryl/α,β-unsaturated/α-hetero) is 1. The van der Waals surface area contributed by atoms with Crippen molar-refractivity contribution < 1.29 is 4.79 Å². The van der Waals surface area contributed by atoms with Crippen molar-refractivity contribution in [3.63, 3.8) is 0 Å². The normalized spacial score (nSPS) is 11.7. The van der Waals surface area contributed by atoms with Crippen molar-refractivity contribution in [3.05, 3.63) is 99.6 Å². The third-order valence-corrected chi connectivity index (χ3v) is 4.59. The predicted molar refractivity (Wildman–Crippen MR) is 107 cm³/mol. The molecule has 0 saturated heterocycles. The van der Waals surface area contributed by atoms with Crippen LogP contribution >= 0.6 is 22.6 Å². The molecule has 120 valence electrons. The van der Waals surface area contributed by atoms with E-state index < -0.39 is 0 Å². The van der Waals surface area contributed by atoms with Crippen LogP contribution < -0.4 is 5.32 Å². The van der Waals surface area contributed by atoms with Crippen LogP contribution in [0.5, 0.6) is 0 Å². The lowest BCUT2D eigenvalue weighted by molar-refractivity contribution is 0.0976. The molecule has 3 aromatic carbocycles. The number of anilines is 1. The summed E-state index contributed by atoms with van der Waals surface area (Å²) in [5, 5.41) is 3.50. The van der Waals surface area contributed by atoms with Gasteiger partial charge in [-0.2, -0.15) is 0 Å². The molecule has 0 unspecified atom stereocenters. The summed E-state index contributed by atoms with van der Waals surface area (Å²) >= 11 is 2.29. The van der Waals surface area contributed by atoms with Crippen LogP contribution in [0.15, 0.2) is 84.9 Å². The Kier molecular flexibility index (Phi) is 5.64. The van der Waals surface area contributed by atoms with Gasteiger partial charge >= 0.3 is 0 Å². The van der Waals surface area contributed by atoms with E-state index in [2.05, 4.69) is 52.2 Å². The van der Waals surface area contributed by atoms with E-state index in [0.717, 1.165) is 16.8 Å². The smallest absolute Gasteiger partial charge is 0.165 e. The molecular weight excluding hydrogens is 409 g/mol. The maximum absolute atomic E-state index is 12.6. The average molecular weight is 427 g/mol. The van der Waals surface area contributed by atoms with Crippen molar-refractivity contribution in [1.29, 1.82) is 0 Å². The number of hydrogen-bond acceptors (Lipinski definition) is 2. The van der Waals surface area contributed by atoms with E-state index in [4.69, 9.17) is 0 Å². The van der Waals surface area contributed by atoms with E-state index in [1.807, 2.05) is 60.7 Å². The molecule has 24 heavy (non-hydrogen) atoms. The van der Waals surface area contributed by atoms with Crippen LogP contribution in [0.2, 0.25) is 0 Å². The number of hydrogen-bond donors (Lipinski definition) is 1. The third-order valence-electron chi connectivity index (χ3n) is 3.87.